The number of anilines is 1. The summed E-state index contributed by atoms with van der Waals surface area (Å²) in [5, 5.41) is 13.8. The highest BCUT2D eigenvalue weighted by atomic mass is 35.5. The monoisotopic (exact) mass is 307 g/mol. The van der Waals surface area contributed by atoms with Gasteiger partial charge in [0.1, 0.15) is 0 Å². The summed E-state index contributed by atoms with van der Waals surface area (Å²) < 4.78 is 0. The Balaban J connectivity index is 1.65. The van der Waals surface area contributed by atoms with Crippen LogP contribution in [0.3, 0.4) is 0 Å². The molecular formula is C17H22ClNO2. The Morgan fingerprint density at radius 3 is 2.81 bits per heavy atom. The summed E-state index contributed by atoms with van der Waals surface area (Å²) >= 11 is 6.26. The first kappa shape index (κ1) is 14.9. The van der Waals surface area contributed by atoms with Crippen molar-refractivity contribution in [2.45, 2.75) is 57.5 Å². The van der Waals surface area contributed by atoms with Crippen LogP contribution in [0.5, 0.6) is 0 Å². The third-order valence-corrected chi connectivity index (χ3v) is 5.11. The van der Waals surface area contributed by atoms with E-state index in [9.17, 15) is 9.90 Å². The van der Waals surface area contributed by atoms with Gasteiger partial charge >= 0.3 is 0 Å². The summed E-state index contributed by atoms with van der Waals surface area (Å²) in [7, 11) is 0. The van der Waals surface area contributed by atoms with E-state index in [0.717, 1.165) is 35.6 Å². The van der Waals surface area contributed by atoms with Crippen molar-refractivity contribution in [3.8, 4) is 0 Å². The normalized spacial score (nSPS) is 20.2. The molecule has 1 aromatic carbocycles. The lowest BCUT2D eigenvalue weighted by molar-refractivity contribution is -0.115. The molecule has 1 amide bonds. The Morgan fingerprint density at radius 2 is 2.05 bits per heavy atom. The van der Waals surface area contributed by atoms with E-state index >= 15 is 0 Å². The molecular weight excluding hydrogens is 286 g/mol. The number of nitrogens with one attached hydrogen (secondary N) is 1. The molecule has 2 N–H and O–H groups in total. The second-order valence-corrected chi connectivity index (χ2v) is 6.76. The molecule has 21 heavy (non-hydrogen) atoms. The SMILES string of the molecule is O=C1Cc2cc(C(O)CCC3CCCCC3)c(Cl)cc2N1. The summed E-state index contributed by atoms with van der Waals surface area (Å²) in [6, 6.07) is 3.65. The number of halogens is 1. The van der Waals surface area contributed by atoms with Gasteiger partial charge < -0.3 is 10.4 Å². The Morgan fingerprint density at radius 1 is 1.29 bits per heavy atom. The van der Waals surface area contributed by atoms with Crippen molar-refractivity contribution in [2.24, 2.45) is 5.92 Å². The number of carbonyl (C=O) groups is 1. The van der Waals surface area contributed by atoms with Gasteiger partial charge in [0.2, 0.25) is 5.91 Å². The average Bonchev–Trinajstić information content (AvgIpc) is 2.84. The Bertz CT molecular complexity index is 538. The lowest BCUT2D eigenvalue weighted by Gasteiger charge is -2.23. The molecule has 0 radical (unpaired) electrons. The van der Waals surface area contributed by atoms with Gasteiger partial charge in [-0.3, -0.25) is 4.79 Å². The van der Waals surface area contributed by atoms with Gasteiger partial charge in [0.25, 0.3) is 0 Å². The zero-order chi connectivity index (χ0) is 14.8. The van der Waals surface area contributed by atoms with Crippen LogP contribution in [0.25, 0.3) is 0 Å². The van der Waals surface area contributed by atoms with E-state index in [4.69, 9.17) is 11.6 Å². The number of hydrogen-bond donors (Lipinski definition) is 2. The van der Waals surface area contributed by atoms with Crippen LogP contribution in [0.15, 0.2) is 12.1 Å². The first-order chi connectivity index (χ1) is 10.1. The fraction of sp³-hybridized carbons (Fsp3) is 0.588. The topological polar surface area (TPSA) is 49.3 Å². The number of aliphatic hydroxyl groups excluding tert-OH is 1. The Labute approximate surface area is 130 Å². The Hall–Kier alpha value is -1.06. The molecule has 0 aromatic heterocycles. The number of amides is 1. The van der Waals surface area contributed by atoms with Crippen molar-refractivity contribution in [3.63, 3.8) is 0 Å². The summed E-state index contributed by atoms with van der Waals surface area (Å²) in [6.45, 7) is 0. The third-order valence-electron chi connectivity index (χ3n) is 4.78. The lowest BCUT2D eigenvalue weighted by Crippen LogP contribution is -2.09. The quantitative estimate of drug-likeness (QED) is 0.874. The maximum absolute atomic E-state index is 11.4. The predicted octanol–water partition coefficient (Wildman–Crippen LogP) is 4.23. The number of fused-ring (bicyclic) bond motifs is 1. The van der Waals surface area contributed by atoms with Crippen LogP contribution in [0, 0.1) is 5.92 Å². The van der Waals surface area contributed by atoms with E-state index in [0.29, 0.717) is 11.4 Å². The lowest BCUT2D eigenvalue weighted by atomic mass is 9.85. The van der Waals surface area contributed by atoms with Crippen LogP contribution in [0.1, 0.15) is 62.2 Å². The number of hydrogen-bond acceptors (Lipinski definition) is 2. The van der Waals surface area contributed by atoms with Crippen molar-refractivity contribution in [1.82, 2.24) is 0 Å². The van der Waals surface area contributed by atoms with Gasteiger partial charge in [0, 0.05) is 10.7 Å². The fourth-order valence-electron chi connectivity index (χ4n) is 3.55. The zero-order valence-corrected chi connectivity index (χ0v) is 13.0. The van der Waals surface area contributed by atoms with Gasteiger partial charge in [0.05, 0.1) is 12.5 Å². The molecule has 3 rings (SSSR count). The Kier molecular flexibility index (Phi) is 4.51. The maximum atomic E-state index is 11.4. The highest BCUT2D eigenvalue weighted by Crippen LogP contribution is 2.36. The van der Waals surface area contributed by atoms with Crippen molar-refractivity contribution in [1.29, 1.82) is 0 Å². The van der Waals surface area contributed by atoms with Gasteiger partial charge in [-0.15, -0.1) is 0 Å². The van der Waals surface area contributed by atoms with Crippen LogP contribution in [-0.2, 0) is 11.2 Å². The standard InChI is InChI=1S/C17H22ClNO2/c18-14-10-15-12(9-17(21)19-15)8-13(14)16(20)7-6-11-4-2-1-3-5-11/h8,10-11,16,20H,1-7,9H2,(H,19,21). The molecule has 1 aromatic rings. The van der Waals surface area contributed by atoms with Gasteiger partial charge in [-0.2, -0.15) is 0 Å². The minimum Gasteiger partial charge on any atom is -0.388 e. The van der Waals surface area contributed by atoms with Crippen molar-refractivity contribution < 1.29 is 9.90 Å². The summed E-state index contributed by atoms with van der Waals surface area (Å²) in [5.41, 5.74) is 2.49. The third kappa shape index (κ3) is 3.41. The molecule has 1 aliphatic heterocycles. The van der Waals surface area contributed by atoms with E-state index in [2.05, 4.69) is 5.32 Å². The molecule has 1 unspecified atom stereocenters. The van der Waals surface area contributed by atoms with Crippen molar-refractivity contribution >= 4 is 23.2 Å². The number of aliphatic hydroxyl groups is 1. The van der Waals surface area contributed by atoms with Crippen LogP contribution in [0.2, 0.25) is 5.02 Å². The summed E-state index contributed by atoms with van der Waals surface area (Å²) in [6.07, 6.45) is 8.27. The van der Waals surface area contributed by atoms with Crippen molar-refractivity contribution in [2.75, 3.05) is 5.32 Å². The molecule has 4 heteroatoms. The molecule has 0 spiro atoms. The van der Waals surface area contributed by atoms with Gasteiger partial charge in [0.15, 0.2) is 0 Å². The summed E-state index contributed by atoms with van der Waals surface area (Å²) in [4.78, 5) is 11.4. The highest BCUT2D eigenvalue weighted by molar-refractivity contribution is 6.32. The second kappa shape index (κ2) is 6.37. The first-order valence-electron chi connectivity index (χ1n) is 7.93. The first-order valence-corrected chi connectivity index (χ1v) is 8.31. The van der Waals surface area contributed by atoms with Gasteiger partial charge in [-0.1, -0.05) is 43.7 Å². The highest BCUT2D eigenvalue weighted by Gasteiger charge is 2.23. The smallest absolute Gasteiger partial charge is 0.228 e. The van der Waals surface area contributed by atoms with Crippen LogP contribution < -0.4 is 5.32 Å². The fourth-order valence-corrected chi connectivity index (χ4v) is 3.84. The van der Waals surface area contributed by atoms with Crippen LogP contribution in [-0.4, -0.2) is 11.0 Å². The number of rotatable bonds is 4. The minimum absolute atomic E-state index is 0.00471. The molecule has 3 nitrogen and oxygen atoms in total. The molecule has 1 atom stereocenters. The molecule has 1 heterocycles. The van der Waals surface area contributed by atoms with E-state index in [-0.39, 0.29) is 5.91 Å². The molecule has 0 bridgehead atoms. The maximum Gasteiger partial charge on any atom is 0.228 e. The van der Waals surface area contributed by atoms with Gasteiger partial charge in [-0.25, -0.2) is 0 Å². The van der Waals surface area contributed by atoms with E-state index in [1.54, 1.807) is 6.07 Å². The summed E-state index contributed by atoms with van der Waals surface area (Å²) in [5.74, 6) is 0.750. The number of carbonyl (C=O) groups excluding carboxylic acids is 1. The number of benzene rings is 1. The molecule has 114 valence electrons. The minimum atomic E-state index is -0.527. The van der Waals surface area contributed by atoms with E-state index in [1.165, 1.54) is 32.1 Å². The average molecular weight is 308 g/mol. The van der Waals surface area contributed by atoms with Crippen LogP contribution in [0.4, 0.5) is 5.69 Å². The predicted molar refractivity (Wildman–Crippen MR) is 84.6 cm³/mol. The largest absolute Gasteiger partial charge is 0.388 e. The molecule has 1 aliphatic carbocycles. The van der Waals surface area contributed by atoms with Crippen LogP contribution >= 0.6 is 11.6 Å². The second-order valence-electron chi connectivity index (χ2n) is 6.35. The molecule has 0 saturated heterocycles. The molecule has 1 saturated carbocycles. The van der Waals surface area contributed by atoms with E-state index in [1.807, 2.05) is 6.07 Å². The zero-order valence-electron chi connectivity index (χ0n) is 12.2. The molecule has 2 aliphatic rings. The van der Waals surface area contributed by atoms with E-state index < -0.39 is 6.10 Å². The van der Waals surface area contributed by atoms with Crippen molar-refractivity contribution in [3.05, 3.63) is 28.3 Å². The van der Waals surface area contributed by atoms with Gasteiger partial charge in [-0.05, 0) is 42.0 Å². The molecule has 1 fully saturated rings.